The molecule has 0 unspecified atom stereocenters. The minimum atomic E-state index is -0.534. The zero-order chi connectivity index (χ0) is 15.6. The van der Waals surface area contributed by atoms with Crippen LogP contribution in [0.2, 0.25) is 0 Å². The maximum Gasteiger partial charge on any atom is 0.255 e. The number of benzene rings is 1. The van der Waals surface area contributed by atoms with E-state index in [0.717, 1.165) is 4.88 Å². The second kappa shape index (κ2) is 6.58. The van der Waals surface area contributed by atoms with Crippen molar-refractivity contribution in [2.45, 2.75) is 26.4 Å². The van der Waals surface area contributed by atoms with Crippen molar-refractivity contribution in [3.05, 3.63) is 50.4 Å². The van der Waals surface area contributed by atoms with Gasteiger partial charge in [0.15, 0.2) is 0 Å². The summed E-state index contributed by atoms with van der Waals surface area (Å²) >= 11 is 4.84. The Morgan fingerprint density at radius 3 is 2.76 bits per heavy atom. The van der Waals surface area contributed by atoms with E-state index in [1.54, 1.807) is 16.2 Å². The second-order valence-corrected chi connectivity index (χ2v) is 6.85. The van der Waals surface area contributed by atoms with Gasteiger partial charge in [-0.05, 0) is 53.4 Å². The number of anilines is 1. The molecule has 0 saturated carbocycles. The number of rotatable bonds is 4. The predicted molar refractivity (Wildman–Crippen MR) is 87.8 cm³/mol. The van der Waals surface area contributed by atoms with Gasteiger partial charge >= 0.3 is 0 Å². The number of carbonyl (C=O) groups is 1. The number of carbonyl (C=O) groups excluding carboxylic acids is 1. The molecular weight excluding hydrogens is 355 g/mol. The lowest BCUT2D eigenvalue weighted by molar-refractivity contribution is 0.0691. The van der Waals surface area contributed by atoms with Crippen molar-refractivity contribution < 1.29 is 9.18 Å². The standard InChI is InChI=1S/C15H16BrFN2OS/c1-9(2)19(8-10-4-3-5-21-10)15(20)11-6-14(18)13(17)7-12(11)16/h3-7,9H,8,18H2,1-2H3. The van der Waals surface area contributed by atoms with E-state index in [0.29, 0.717) is 16.6 Å². The molecule has 1 amide bonds. The molecule has 2 rings (SSSR count). The second-order valence-electron chi connectivity index (χ2n) is 4.96. The third kappa shape index (κ3) is 3.63. The van der Waals surface area contributed by atoms with Crippen LogP contribution in [0, 0.1) is 5.82 Å². The molecule has 1 aromatic carbocycles. The number of nitrogen functional groups attached to an aromatic ring is 1. The molecule has 0 spiro atoms. The highest BCUT2D eigenvalue weighted by Crippen LogP contribution is 2.26. The summed E-state index contributed by atoms with van der Waals surface area (Å²) in [6.07, 6.45) is 0. The largest absolute Gasteiger partial charge is 0.396 e. The molecule has 0 atom stereocenters. The van der Waals surface area contributed by atoms with Gasteiger partial charge in [0.1, 0.15) is 5.82 Å². The van der Waals surface area contributed by atoms with Crippen LogP contribution in [0.1, 0.15) is 29.1 Å². The summed E-state index contributed by atoms with van der Waals surface area (Å²) in [6, 6.07) is 6.58. The van der Waals surface area contributed by atoms with Crippen LogP contribution in [0.25, 0.3) is 0 Å². The van der Waals surface area contributed by atoms with Crippen LogP contribution in [0.3, 0.4) is 0 Å². The van der Waals surface area contributed by atoms with Gasteiger partial charge in [0.05, 0.1) is 17.8 Å². The number of thiophene rings is 1. The molecule has 1 heterocycles. The summed E-state index contributed by atoms with van der Waals surface area (Å²) in [5.74, 6) is -0.704. The lowest BCUT2D eigenvalue weighted by Gasteiger charge is -2.27. The predicted octanol–water partition coefficient (Wildman–Crippen LogP) is 4.28. The summed E-state index contributed by atoms with van der Waals surface area (Å²) in [5, 5.41) is 1.98. The van der Waals surface area contributed by atoms with Gasteiger partial charge < -0.3 is 10.6 Å². The molecule has 2 aromatic rings. The molecule has 0 aliphatic heterocycles. The topological polar surface area (TPSA) is 46.3 Å². The van der Waals surface area contributed by atoms with Crippen LogP contribution in [0.4, 0.5) is 10.1 Å². The van der Waals surface area contributed by atoms with E-state index in [9.17, 15) is 9.18 Å². The van der Waals surface area contributed by atoms with Crippen molar-refractivity contribution in [1.82, 2.24) is 4.90 Å². The van der Waals surface area contributed by atoms with Gasteiger partial charge in [0.25, 0.3) is 5.91 Å². The molecule has 0 aliphatic carbocycles. The Hall–Kier alpha value is -1.40. The average Bonchev–Trinajstić information content (AvgIpc) is 2.92. The van der Waals surface area contributed by atoms with Gasteiger partial charge in [-0.2, -0.15) is 0 Å². The fourth-order valence-electron chi connectivity index (χ4n) is 1.94. The number of hydrogen-bond donors (Lipinski definition) is 1. The van der Waals surface area contributed by atoms with E-state index in [2.05, 4.69) is 15.9 Å². The first-order valence-electron chi connectivity index (χ1n) is 6.48. The number of nitrogens with two attached hydrogens (primary N) is 1. The van der Waals surface area contributed by atoms with Crippen molar-refractivity contribution in [2.24, 2.45) is 0 Å². The van der Waals surface area contributed by atoms with Crippen molar-refractivity contribution in [3.63, 3.8) is 0 Å². The molecular formula is C15H16BrFN2OS. The first-order valence-corrected chi connectivity index (χ1v) is 8.15. The lowest BCUT2D eigenvalue weighted by atomic mass is 10.1. The smallest absolute Gasteiger partial charge is 0.255 e. The molecule has 112 valence electrons. The monoisotopic (exact) mass is 370 g/mol. The van der Waals surface area contributed by atoms with E-state index in [1.807, 2.05) is 31.4 Å². The molecule has 0 saturated heterocycles. The highest BCUT2D eigenvalue weighted by atomic mass is 79.9. The first-order chi connectivity index (χ1) is 9.90. The van der Waals surface area contributed by atoms with Crippen molar-refractivity contribution in [3.8, 4) is 0 Å². The Morgan fingerprint density at radius 2 is 2.19 bits per heavy atom. The highest BCUT2D eigenvalue weighted by molar-refractivity contribution is 9.10. The minimum Gasteiger partial charge on any atom is -0.396 e. The number of amides is 1. The van der Waals surface area contributed by atoms with Crippen molar-refractivity contribution >= 4 is 38.9 Å². The number of nitrogens with zero attached hydrogens (tertiary/aromatic N) is 1. The quantitative estimate of drug-likeness (QED) is 0.816. The maximum atomic E-state index is 13.4. The van der Waals surface area contributed by atoms with Gasteiger partial charge in [-0.3, -0.25) is 4.79 Å². The molecule has 0 fully saturated rings. The zero-order valence-corrected chi connectivity index (χ0v) is 14.2. The first kappa shape index (κ1) is 16.0. The van der Waals surface area contributed by atoms with Crippen molar-refractivity contribution in [2.75, 3.05) is 5.73 Å². The van der Waals surface area contributed by atoms with Crippen LogP contribution in [-0.2, 0) is 6.54 Å². The number of halogens is 2. The fourth-order valence-corrected chi connectivity index (χ4v) is 3.13. The Balaban J connectivity index is 2.32. The Bertz CT molecular complexity index is 643. The Kier molecular flexibility index (Phi) is 5.00. The fraction of sp³-hybridized carbons (Fsp3) is 0.267. The molecule has 21 heavy (non-hydrogen) atoms. The Labute approximate surface area is 135 Å². The summed E-state index contributed by atoms with van der Waals surface area (Å²) in [7, 11) is 0. The van der Waals surface area contributed by atoms with Crippen LogP contribution in [0.5, 0.6) is 0 Å². The zero-order valence-electron chi connectivity index (χ0n) is 11.8. The van der Waals surface area contributed by atoms with E-state index < -0.39 is 5.82 Å². The van der Waals surface area contributed by atoms with Crippen molar-refractivity contribution in [1.29, 1.82) is 0 Å². The van der Waals surface area contributed by atoms with Crippen LogP contribution in [-0.4, -0.2) is 16.8 Å². The highest BCUT2D eigenvalue weighted by Gasteiger charge is 2.22. The molecule has 1 aromatic heterocycles. The molecule has 3 nitrogen and oxygen atoms in total. The van der Waals surface area contributed by atoms with E-state index >= 15 is 0 Å². The third-order valence-corrected chi connectivity index (χ3v) is 4.62. The van der Waals surface area contributed by atoms with Crippen LogP contribution in [0.15, 0.2) is 34.1 Å². The minimum absolute atomic E-state index is 0.0257. The molecule has 0 aliphatic rings. The van der Waals surface area contributed by atoms with Crippen LogP contribution >= 0.6 is 27.3 Å². The van der Waals surface area contributed by atoms with Gasteiger partial charge in [0, 0.05) is 15.4 Å². The molecule has 0 radical (unpaired) electrons. The SMILES string of the molecule is CC(C)N(Cc1cccs1)C(=O)c1cc(N)c(F)cc1Br. The summed E-state index contributed by atoms with van der Waals surface area (Å²) in [5.41, 5.74) is 5.92. The number of hydrogen-bond acceptors (Lipinski definition) is 3. The van der Waals surface area contributed by atoms with Gasteiger partial charge in [-0.1, -0.05) is 6.07 Å². The molecule has 0 bridgehead atoms. The van der Waals surface area contributed by atoms with E-state index in [1.165, 1.54) is 12.1 Å². The average molecular weight is 371 g/mol. The summed E-state index contributed by atoms with van der Waals surface area (Å²) in [4.78, 5) is 15.6. The molecule has 2 N–H and O–H groups in total. The van der Waals surface area contributed by atoms with E-state index in [4.69, 9.17) is 5.73 Å². The third-order valence-electron chi connectivity index (χ3n) is 3.11. The normalized spacial score (nSPS) is 10.9. The van der Waals surface area contributed by atoms with Gasteiger partial charge in [0.2, 0.25) is 0 Å². The summed E-state index contributed by atoms with van der Waals surface area (Å²) in [6.45, 7) is 4.43. The van der Waals surface area contributed by atoms with Crippen LogP contribution < -0.4 is 5.73 Å². The lowest BCUT2D eigenvalue weighted by Crippen LogP contribution is -2.36. The van der Waals surface area contributed by atoms with Gasteiger partial charge in [-0.25, -0.2) is 4.39 Å². The summed E-state index contributed by atoms with van der Waals surface area (Å²) < 4.78 is 13.8. The Morgan fingerprint density at radius 1 is 1.48 bits per heavy atom. The maximum absolute atomic E-state index is 13.4. The molecule has 6 heteroatoms. The van der Waals surface area contributed by atoms with E-state index in [-0.39, 0.29) is 17.6 Å². The van der Waals surface area contributed by atoms with Gasteiger partial charge in [-0.15, -0.1) is 11.3 Å².